The molecule has 1 aliphatic heterocycles. The van der Waals surface area contributed by atoms with Crippen molar-refractivity contribution in [2.24, 2.45) is 5.92 Å². The van der Waals surface area contributed by atoms with Crippen molar-refractivity contribution in [2.75, 3.05) is 16.8 Å². The van der Waals surface area contributed by atoms with Gasteiger partial charge in [-0.3, -0.25) is 4.79 Å². The lowest BCUT2D eigenvalue weighted by molar-refractivity contribution is -0.116. The molecule has 0 radical (unpaired) electrons. The molecular formula is C16H17NO3S. The van der Waals surface area contributed by atoms with Gasteiger partial charge >= 0.3 is 0 Å². The second-order valence-electron chi connectivity index (χ2n) is 5.55. The summed E-state index contributed by atoms with van der Waals surface area (Å²) in [5, 5.41) is 4.97. The number of fused-ring (bicyclic) bond motifs is 1. The fourth-order valence-electron chi connectivity index (χ4n) is 2.83. The molecule has 1 N–H and O–H groups in total. The molecule has 1 atom stereocenters. The van der Waals surface area contributed by atoms with E-state index in [1.807, 2.05) is 42.5 Å². The van der Waals surface area contributed by atoms with E-state index < -0.39 is 9.84 Å². The summed E-state index contributed by atoms with van der Waals surface area (Å²) in [7, 11) is -2.93. The van der Waals surface area contributed by atoms with Gasteiger partial charge in [0.2, 0.25) is 5.91 Å². The summed E-state index contributed by atoms with van der Waals surface area (Å²) in [5.41, 5.74) is 0.777. The third kappa shape index (κ3) is 3.24. The highest BCUT2D eigenvalue weighted by atomic mass is 32.2. The normalized spacial score (nSPS) is 20.5. The predicted molar refractivity (Wildman–Crippen MR) is 84.0 cm³/mol. The fourth-order valence-corrected chi connectivity index (χ4v) is 4.69. The van der Waals surface area contributed by atoms with E-state index in [-0.39, 0.29) is 29.8 Å². The average molecular weight is 303 g/mol. The van der Waals surface area contributed by atoms with Crippen LogP contribution in [0.3, 0.4) is 0 Å². The van der Waals surface area contributed by atoms with E-state index in [9.17, 15) is 13.2 Å². The summed E-state index contributed by atoms with van der Waals surface area (Å²) < 4.78 is 22.8. The van der Waals surface area contributed by atoms with Crippen molar-refractivity contribution >= 4 is 32.2 Å². The lowest BCUT2D eigenvalue weighted by Gasteiger charge is -2.11. The number of hydrogen-bond donors (Lipinski definition) is 1. The molecule has 1 saturated heterocycles. The van der Waals surface area contributed by atoms with Crippen LogP contribution in [0.25, 0.3) is 10.8 Å². The first-order valence-corrected chi connectivity index (χ1v) is 8.84. The van der Waals surface area contributed by atoms with E-state index in [0.29, 0.717) is 6.42 Å². The number of nitrogens with one attached hydrogen (secondary N) is 1. The topological polar surface area (TPSA) is 63.2 Å². The Morgan fingerprint density at radius 1 is 1.14 bits per heavy atom. The van der Waals surface area contributed by atoms with Crippen LogP contribution < -0.4 is 5.32 Å². The Kier molecular flexibility index (Phi) is 3.68. The van der Waals surface area contributed by atoms with Crippen LogP contribution in [-0.4, -0.2) is 25.8 Å². The van der Waals surface area contributed by atoms with Gasteiger partial charge in [-0.25, -0.2) is 8.42 Å². The zero-order valence-electron chi connectivity index (χ0n) is 11.6. The van der Waals surface area contributed by atoms with Gasteiger partial charge in [-0.05, 0) is 23.8 Å². The molecule has 1 heterocycles. The number of amides is 1. The van der Waals surface area contributed by atoms with Gasteiger partial charge < -0.3 is 5.32 Å². The van der Waals surface area contributed by atoms with Gasteiger partial charge in [-0.15, -0.1) is 0 Å². The average Bonchev–Trinajstić information content (AvgIpc) is 2.78. The number of sulfone groups is 1. The van der Waals surface area contributed by atoms with Crippen LogP contribution in [0.15, 0.2) is 42.5 Å². The maximum absolute atomic E-state index is 12.1. The SMILES string of the molecule is O=C(C[C@H]1CCS(=O)(=O)C1)Nc1cccc2ccccc12. The molecule has 4 nitrogen and oxygen atoms in total. The number of benzene rings is 2. The van der Waals surface area contributed by atoms with E-state index >= 15 is 0 Å². The van der Waals surface area contributed by atoms with Gasteiger partial charge in [0.05, 0.1) is 11.5 Å². The molecule has 0 unspecified atom stereocenters. The molecule has 3 rings (SSSR count). The van der Waals surface area contributed by atoms with E-state index in [2.05, 4.69) is 5.32 Å². The molecule has 0 saturated carbocycles. The molecule has 0 spiro atoms. The Bertz CT molecular complexity index is 778. The largest absolute Gasteiger partial charge is 0.326 e. The lowest BCUT2D eigenvalue weighted by atomic mass is 10.0. The fraction of sp³-hybridized carbons (Fsp3) is 0.312. The van der Waals surface area contributed by atoms with Crippen LogP contribution in [0.5, 0.6) is 0 Å². The molecule has 2 aromatic carbocycles. The Labute approximate surface area is 124 Å². The van der Waals surface area contributed by atoms with Crippen LogP contribution in [0.2, 0.25) is 0 Å². The first-order valence-electron chi connectivity index (χ1n) is 7.01. The zero-order chi connectivity index (χ0) is 14.9. The minimum atomic E-state index is -2.93. The standard InChI is InChI=1S/C16H17NO3S/c18-16(10-12-8-9-21(19,20)11-12)17-15-7-3-5-13-4-1-2-6-14(13)15/h1-7,12H,8-11H2,(H,17,18)/t12-/m1/s1. The molecule has 1 aliphatic rings. The van der Waals surface area contributed by atoms with Crippen LogP contribution >= 0.6 is 0 Å². The molecule has 1 fully saturated rings. The van der Waals surface area contributed by atoms with Crippen molar-refractivity contribution in [3.05, 3.63) is 42.5 Å². The monoisotopic (exact) mass is 303 g/mol. The van der Waals surface area contributed by atoms with Crippen molar-refractivity contribution < 1.29 is 13.2 Å². The third-order valence-electron chi connectivity index (χ3n) is 3.86. The number of carbonyl (C=O) groups excluding carboxylic acids is 1. The van der Waals surface area contributed by atoms with Gasteiger partial charge in [0, 0.05) is 17.5 Å². The summed E-state index contributed by atoms with van der Waals surface area (Å²) >= 11 is 0. The Morgan fingerprint density at radius 2 is 1.90 bits per heavy atom. The predicted octanol–water partition coefficient (Wildman–Crippen LogP) is 2.60. The van der Waals surface area contributed by atoms with Crippen LogP contribution in [0.4, 0.5) is 5.69 Å². The van der Waals surface area contributed by atoms with E-state index in [1.165, 1.54) is 0 Å². The van der Waals surface area contributed by atoms with E-state index in [0.717, 1.165) is 16.5 Å². The second-order valence-corrected chi connectivity index (χ2v) is 7.78. The van der Waals surface area contributed by atoms with Crippen LogP contribution in [0.1, 0.15) is 12.8 Å². The molecular weight excluding hydrogens is 286 g/mol. The maximum Gasteiger partial charge on any atom is 0.224 e. The summed E-state index contributed by atoms with van der Waals surface area (Å²) in [6, 6.07) is 13.6. The van der Waals surface area contributed by atoms with Crippen molar-refractivity contribution in [3.8, 4) is 0 Å². The Morgan fingerprint density at radius 3 is 2.67 bits per heavy atom. The van der Waals surface area contributed by atoms with Crippen molar-refractivity contribution in [1.82, 2.24) is 0 Å². The van der Waals surface area contributed by atoms with E-state index in [1.54, 1.807) is 0 Å². The van der Waals surface area contributed by atoms with Crippen LogP contribution in [-0.2, 0) is 14.6 Å². The minimum absolute atomic E-state index is 0.0509. The Hall–Kier alpha value is -1.88. The molecule has 5 heteroatoms. The first-order chi connectivity index (χ1) is 10.0. The smallest absolute Gasteiger partial charge is 0.224 e. The quantitative estimate of drug-likeness (QED) is 0.948. The molecule has 2 aromatic rings. The highest BCUT2D eigenvalue weighted by molar-refractivity contribution is 7.91. The van der Waals surface area contributed by atoms with Crippen molar-refractivity contribution in [2.45, 2.75) is 12.8 Å². The molecule has 110 valence electrons. The van der Waals surface area contributed by atoms with Gasteiger partial charge in [0.15, 0.2) is 9.84 Å². The molecule has 0 aliphatic carbocycles. The van der Waals surface area contributed by atoms with Crippen LogP contribution in [0, 0.1) is 5.92 Å². The highest BCUT2D eigenvalue weighted by Gasteiger charge is 2.29. The van der Waals surface area contributed by atoms with Crippen molar-refractivity contribution in [3.63, 3.8) is 0 Å². The summed E-state index contributed by atoms with van der Waals surface area (Å²) in [4.78, 5) is 12.1. The summed E-state index contributed by atoms with van der Waals surface area (Å²) in [6.07, 6.45) is 0.855. The van der Waals surface area contributed by atoms with Gasteiger partial charge in [-0.1, -0.05) is 36.4 Å². The van der Waals surface area contributed by atoms with Gasteiger partial charge in [-0.2, -0.15) is 0 Å². The number of hydrogen-bond acceptors (Lipinski definition) is 3. The first kappa shape index (κ1) is 14.1. The number of carbonyl (C=O) groups is 1. The third-order valence-corrected chi connectivity index (χ3v) is 5.70. The maximum atomic E-state index is 12.1. The minimum Gasteiger partial charge on any atom is -0.326 e. The molecule has 0 bridgehead atoms. The highest BCUT2D eigenvalue weighted by Crippen LogP contribution is 2.25. The molecule has 1 amide bonds. The van der Waals surface area contributed by atoms with Gasteiger partial charge in [0.25, 0.3) is 0 Å². The molecule has 21 heavy (non-hydrogen) atoms. The Balaban J connectivity index is 1.72. The molecule has 0 aromatic heterocycles. The number of rotatable bonds is 3. The summed E-state index contributed by atoms with van der Waals surface area (Å²) in [5.74, 6) is 0.174. The van der Waals surface area contributed by atoms with Crippen molar-refractivity contribution in [1.29, 1.82) is 0 Å². The lowest BCUT2D eigenvalue weighted by Crippen LogP contribution is -2.17. The summed E-state index contributed by atoms with van der Waals surface area (Å²) in [6.45, 7) is 0. The number of anilines is 1. The van der Waals surface area contributed by atoms with Gasteiger partial charge in [0.1, 0.15) is 0 Å². The zero-order valence-corrected chi connectivity index (χ0v) is 12.4. The second kappa shape index (κ2) is 5.48. The van der Waals surface area contributed by atoms with E-state index in [4.69, 9.17) is 0 Å².